The molecule has 2 aliphatic rings. The van der Waals surface area contributed by atoms with Crippen LogP contribution in [-0.4, -0.2) is 54.7 Å². The number of amides is 1. The monoisotopic (exact) mass is 305 g/mol. The zero-order valence-corrected chi connectivity index (χ0v) is 13.0. The number of hydrogen-bond donors (Lipinski definition) is 1. The fourth-order valence-electron chi connectivity index (χ4n) is 2.80. The molecule has 2 saturated heterocycles. The van der Waals surface area contributed by atoms with Crippen molar-refractivity contribution in [1.29, 1.82) is 0 Å². The Hall–Kier alpha value is -1.66. The van der Waals surface area contributed by atoms with E-state index in [0.717, 1.165) is 38.8 Å². The van der Waals surface area contributed by atoms with Gasteiger partial charge in [0.15, 0.2) is 0 Å². The maximum atomic E-state index is 11.9. The summed E-state index contributed by atoms with van der Waals surface area (Å²) >= 11 is 0. The van der Waals surface area contributed by atoms with Gasteiger partial charge in [-0.1, -0.05) is 0 Å². The zero-order chi connectivity index (χ0) is 15.4. The van der Waals surface area contributed by atoms with E-state index in [4.69, 9.17) is 9.47 Å². The molecule has 120 valence electrons. The van der Waals surface area contributed by atoms with Gasteiger partial charge in [-0.2, -0.15) is 0 Å². The lowest BCUT2D eigenvalue weighted by Crippen LogP contribution is -2.35. The zero-order valence-electron chi connectivity index (χ0n) is 13.0. The van der Waals surface area contributed by atoms with E-state index in [2.05, 4.69) is 22.2 Å². The van der Waals surface area contributed by atoms with Crippen LogP contribution in [0, 0.1) is 0 Å². The third-order valence-electron chi connectivity index (χ3n) is 4.18. The highest BCUT2D eigenvalue weighted by atomic mass is 16.5. The largest absolute Gasteiger partial charge is 0.474 e. The molecule has 1 amide bonds. The second-order valence-electron chi connectivity index (χ2n) is 6.00. The number of aromatic nitrogens is 1. The van der Waals surface area contributed by atoms with E-state index in [0.29, 0.717) is 18.2 Å². The molecule has 0 aromatic carbocycles. The lowest BCUT2D eigenvalue weighted by Gasteiger charge is -2.28. The van der Waals surface area contributed by atoms with Gasteiger partial charge in [-0.3, -0.25) is 4.79 Å². The van der Waals surface area contributed by atoms with E-state index < -0.39 is 0 Å². The number of nitrogens with zero attached hydrogens (tertiary/aromatic N) is 2. The summed E-state index contributed by atoms with van der Waals surface area (Å²) in [5.41, 5.74) is 0.677. The molecule has 2 aliphatic heterocycles. The fourth-order valence-corrected chi connectivity index (χ4v) is 2.80. The molecule has 0 bridgehead atoms. The number of pyridine rings is 1. The summed E-state index contributed by atoms with van der Waals surface area (Å²) in [7, 11) is 2.13. The van der Waals surface area contributed by atoms with Crippen LogP contribution >= 0.6 is 0 Å². The second kappa shape index (κ2) is 7.07. The Balaban J connectivity index is 1.50. The lowest BCUT2D eigenvalue weighted by molar-refractivity contribution is -0.124. The molecular formula is C16H23N3O3. The van der Waals surface area contributed by atoms with E-state index >= 15 is 0 Å². The van der Waals surface area contributed by atoms with Gasteiger partial charge in [0.2, 0.25) is 5.88 Å². The lowest BCUT2D eigenvalue weighted by atomic mass is 10.1. The number of piperidine rings is 1. The van der Waals surface area contributed by atoms with Crippen LogP contribution in [0.2, 0.25) is 0 Å². The summed E-state index contributed by atoms with van der Waals surface area (Å²) in [4.78, 5) is 18.5. The van der Waals surface area contributed by atoms with E-state index in [-0.39, 0.29) is 18.1 Å². The van der Waals surface area contributed by atoms with Gasteiger partial charge in [0, 0.05) is 25.8 Å². The number of anilines is 1. The summed E-state index contributed by atoms with van der Waals surface area (Å²) < 4.78 is 11.2. The molecule has 22 heavy (non-hydrogen) atoms. The molecule has 3 rings (SSSR count). The molecule has 1 aromatic heterocycles. The van der Waals surface area contributed by atoms with Crippen molar-refractivity contribution in [3.05, 3.63) is 18.3 Å². The van der Waals surface area contributed by atoms with Gasteiger partial charge >= 0.3 is 0 Å². The van der Waals surface area contributed by atoms with Crippen molar-refractivity contribution in [1.82, 2.24) is 9.88 Å². The van der Waals surface area contributed by atoms with Crippen LogP contribution in [0.5, 0.6) is 5.88 Å². The number of likely N-dealkylation sites (tertiary alicyclic amines) is 1. The summed E-state index contributed by atoms with van der Waals surface area (Å²) in [6, 6.07) is 3.63. The summed E-state index contributed by atoms with van der Waals surface area (Å²) in [6.07, 6.45) is 5.32. The van der Waals surface area contributed by atoms with Crippen LogP contribution < -0.4 is 10.1 Å². The quantitative estimate of drug-likeness (QED) is 0.917. The highest BCUT2D eigenvalue weighted by Crippen LogP contribution is 2.19. The van der Waals surface area contributed by atoms with Crippen LogP contribution in [0.15, 0.2) is 18.3 Å². The smallest absolute Gasteiger partial charge is 0.253 e. The van der Waals surface area contributed by atoms with Crippen molar-refractivity contribution in [3.8, 4) is 5.88 Å². The molecule has 2 fully saturated rings. The van der Waals surface area contributed by atoms with E-state index in [9.17, 15) is 4.79 Å². The van der Waals surface area contributed by atoms with E-state index in [1.165, 1.54) is 0 Å². The second-order valence-corrected chi connectivity index (χ2v) is 6.00. The van der Waals surface area contributed by atoms with Crippen molar-refractivity contribution in [2.45, 2.75) is 37.9 Å². The Bertz CT molecular complexity index is 492. The minimum atomic E-state index is -0.324. The first-order chi connectivity index (χ1) is 10.7. The molecule has 3 heterocycles. The number of rotatable bonds is 4. The Morgan fingerprint density at radius 1 is 1.36 bits per heavy atom. The normalized spacial score (nSPS) is 23.4. The number of ether oxygens (including phenoxy) is 2. The maximum absolute atomic E-state index is 11.9. The van der Waals surface area contributed by atoms with Gasteiger partial charge < -0.3 is 19.7 Å². The maximum Gasteiger partial charge on any atom is 0.253 e. The Morgan fingerprint density at radius 3 is 2.82 bits per heavy atom. The number of carbonyl (C=O) groups is 1. The average Bonchev–Trinajstić information content (AvgIpc) is 3.06. The highest BCUT2D eigenvalue weighted by molar-refractivity contribution is 5.94. The van der Waals surface area contributed by atoms with Crippen molar-refractivity contribution in [2.75, 3.05) is 32.1 Å². The van der Waals surface area contributed by atoms with Crippen LogP contribution in [0.1, 0.15) is 25.7 Å². The first-order valence-corrected chi connectivity index (χ1v) is 7.94. The summed E-state index contributed by atoms with van der Waals surface area (Å²) in [5.74, 6) is 0.521. The predicted octanol–water partition coefficient (Wildman–Crippen LogP) is 1.67. The SMILES string of the molecule is CN1CCC(Oc2ccc(NC(=O)C3CCCO3)cn2)CC1. The summed E-state index contributed by atoms with van der Waals surface area (Å²) in [5, 5.41) is 2.83. The standard InChI is InChI=1S/C16H23N3O3/c1-19-8-6-13(7-9-19)22-15-5-4-12(11-17-15)18-16(20)14-3-2-10-21-14/h4-5,11,13-14H,2-3,6-10H2,1H3,(H,18,20). The van der Waals surface area contributed by atoms with Gasteiger partial charge in [0.25, 0.3) is 5.91 Å². The Kier molecular flexibility index (Phi) is 4.90. The molecule has 1 N–H and O–H groups in total. The average molecular weight is 305 g/mol. The molecule has 0 saturated carbocycles. The van der Waals surface area contributed by atoms with Crippen LogP contribution in [0.25, 0.3) is 0 Å². The van der Waals surface area contributed by atoms with Crippen molar-refractivity contribution < 1.29 is 14.3 Å². The molecule has 6 heteroatoms. The molecule has 0 radical (unpaired) electrons. The van der Waals surface area contributed by atoms with Gasteiger partial charge in [0.05, 0.1) is 11.9 Å². The predicted molar refractivity (Wildman–Crippen MR) is 83.0 cm³/mol. The van der Waals surface area contributed by atoms with Crippen molar-refractivity contribution in [2.24, 2.45) is 0 Å². The Morgan fingerprint density at radius 2 is 2.18 bits per heavy atom. The van der Waals surface area contributed by atoms with Gasteiger partial charge in [-0.25, -0.2) is 4.98 Å². The Labute approximate surface area is 130 Å². The molecule has 0 aliphatic carbocycles. The topological polar surface area (TPSA) is 63.7 Å². The third kappa shape index (κ3) is 3.96. The van der Waals surface area contributed by atoms with Crippen molar-refractivity contribution >= 4 is 11.6 Å². The molecule has 0 spiro atoms. The molecule has 1 aromatic rings. The summed E-state index contributed by atoms with van der Waals surface area (Å²) in [6.45, 7) is 2.78. The van der Waals surface area contributed by atoms with E-state index in [1.54, 1.807) is 6.20 Å². The van der Waals surface area contributed by atoms with Gasteiger partial charge in [0.1, 0.15) is 12.2 Å². The molecule has 1 unspecified atom stereocenters. The van der Waals surface area contributed by atoms with Crippen LogP contribution in [0.3, 0.4) is 0 Å². The first-order valence-electron chi connectivity index (χ1n) is 7.94. The number of carbonyl (C=O) groups excluding carboxylic acids is 1. The van der Waals surface area contributed by atoms with Crippen molar-refractivity contribution in [3.63, 3.8) is 0 Å². The molecular weight excluding hydrogens is 282 g/mol. The third-order valence-corrected chi connectivity index (χ3v) is 4.18. The minimum Gasteiger partial charge on any atom is -0.474 e. The minimum absolute atomic E-state index is 0.0942. The van der Waals surface area contributed by atoms with E-state index in [1.807, 2.05) is 12.1 Å². The van der Waals surface area contributed by atoms with Crippen LogP contribution in [-0.2, 0) is 9.53 Å². The first kappa shape index (κ1) is 15.2. The number of hydrogen-bond acceptors (Lipinski definition) is 5. The number of nitrogens with one attached hydrogen (secondary N) is 1. The van der Waals surface area contributed by atoms with Gasteiger partial charge in [-0.05, 0) is 38.8 Å². The van der Waals surface area contributed by atoms with Gasteiger partial charge in [-0.15, -0.1) is 0 Å². The van der Waals surface area contributed by atoms with Crippen LogP contribution in [0.4, 0.5) is 5.69 Å². The fraction of sp³-hybridized carbons (Fsp3) is 0.625. The highest BCUT2D eigenvalue weighted by Gasteiger charge is 2.23. The molecule has 6 nitrogen and oxygen atoms in total. The molecule has 1 atom stereocenters.